The standard InChI is InChI=1S/C14H21NO3/c1-16-12-8-7-10(9-15-11-5-4-6-11)13(17-2)14(12)18-3/h7-8,11,15H,4-6,9H2,1-3H3. The Labute approximate surface area is 108 Å². The maximum Gasteiger partial charge on any atom is 0.203 e. The lowest BCUT2D eigenvalue weighted by atomic mass is 9.93. The van der Waals surface area contributed by atoms with E-state index in [0.29, 0.717) is 17.5 Å². The molecule has 1 fully saturated rings. The lowest BCUT2D eigenvalue weighted by molar-refractivity contribution is 0.314. The molecule has 0 atom stereocenters. The fraction of sp³-hybridized carbons (Fsp3) is 0.571. The SMILES string of the molecule is COc1ccc(CNC2CCC2)c(OC)c1OC. The lowest BCUT2D eigenvalue weighted by Crippen LogP contribution is -2.34. The Hall–Kier alpha value is -1.42. The number of ether oxygens (including phenoxy) is 3. The van der Waals surface area contributed by atoms with E-state index >= 15 is 0 Å². The molecule has 0 saturated heterocycles. The fourth-order valence-corrected chi connectivity index (χ4v) is 2.17. The van der Waals surface area contributed by atoms with Gasteiger partial charge in [-0.2, -0.15) is 0 Å². The Kier molecular flexibility index (Phi) is 4.31. The summed E-state index contributed by atoms with van der Waals surface area (Å²) >= 11 is 0. The largest absolute Gasteiger partial charge is 0.493 e. The van der Waals surface area contributed by atoms with Crippen molar-refractivity contribution < 1.29 is 14.2 Å². The molecule has 100 valence electrons. The molecule has 1 aromatic rings. The Morgan fingerprint density at radius 3 is 2.28 bits per heavy atom. The van der Waals surface area contributed by atoms with Crippen molar-refractivity contribution in [2.45, 2.75) is 31.8 Å². The van der Waals surface area contributed by atoms with Crippen LogP contribution in [0.5, 0.6) is 17.2 Å². The Bertz CT molecular complexity index is 402. The van der Waals surface area contributed by atoms with Gasteiger partial charge in [0.1, 0.15) is 0 Å². The highest BCUT2D eigenvalue weighted by atomic mass is 16.5. The molecule has 1 saturated carbocycles. The monoisotopic (exact) mass is 251 g/mol. The van der Waals surface area contributed by atoms with E-state index in [9.17, 15) is 0 Å². The Morgan fingerprint density at radius 1 is 1.06 bits per heavy atom. The summed E-state index contributed by atoms with van der Waals surface area (Å²) in [4.78, 5) is 0. The third-order valence-corrected chi connectivity index (χ3v) is 3.47. The van der Waals surface area contributed by atoms with Crippen LogP contribution >= 0.6 is 0 Å². The maximum absolute atomic E-state index is 5.45. The van der Waals surface area contributed by atoms with Gasteiger partial charge in [0, 0.05) is 18.2 Å². The summed E-state index contributed by atoms with van der Waals surface area (Å²) in [6, 6.07) is 4.59. The van der Waals surface area contributed by atoms with Gasteiger partial charge in [-0.1, -0.05) is 12.5 Å². The van der Waals surface area contributed by atoms with Gasteiger partial charge in [0.2, 0.25) is 5.75 Å². The van der Waals surface area contributed by atoms with Gasteiger partial charge in [-0.05, 0) is 18.9 Å². The maximum atomic E-state index is 5.45. The van der Waals surface area contributed by atoms with Gasteiger partial charge < -0.3 is 19.5 Å². The molecule has 4 nitrogen and oxygen atoms in total. The number of hydrogen-bond acceptors (Lipinski definition) is 4. The average Bonchev–Trinajstić information content (AvgIpc) is 2.35. The van der Waals surface area contributed by atoms with Gasteiger partial charge >= 0.3 is 0 Å². The van der Waals surface area contributed by atoms with E-state index in [1.807, 2.05) is 12.1 Å². The highest BCUT2D eigenvalue weighted by molar-refractivity contribution is 5.55. The van der Waals surface area contributed by atoms with Crippen molar-refractivity contribution in [3.8, 4) is 17.2 Å². The molecule has 1 aromatic carbocycles. The zero-order chi connectivity index (χ0) is 13.0. The molecule has 0 amide bonds. The molecule has 0 aromatic heterocycles. The van der Waals surface area contributed by atoms with E-state index in [0.717, 1.165) is 17.9 Å². The summed E-state index contributed by atoms with van der Waals surface area (Å²) < 4.78 is 16.1. The average molecular weight is 251 g/mol. The van der Waals surface area contributed by atoms with Crippen LogP contribution in [0.3, 0.4) is 0 Å². The van der Waals surface area contributed by atoms with Crippen molar-refractivity contribution in [1.82, 2.24) is 5.32 Å². The quantitative estimate of drug-likeness (QED) is 0.842. The van der Waals surface area contributed by atoms with Crippen molar-refractivity contribution in [2.75, 3.05) is 21.3 Å². The first-order valence-corrected chi connectivity index (χ1v) is 6.31. The van der Waals surface area contributed by atoms with Crippen LogP contribution in [0.1, 0.15) is 24.8 Å². The molecule has 1 aliphatic carbocycles. The topological polar surface area (TPSA) is 39.7 Å². The Morgan fingerprint density at radius 2 is 1.78 bits per heavy atom. The van der Waals surface area contributed by atoms with Crippen LogP contribution in [-0.4, -0.2) is 27.4 Å². The molecule has 2 rings (SSSR count). The second kappa shape index (κ2) is 5.96. The molecule has 0 aliphatic heterocycles. The molecular formula is C14H21NO3. The van der Waals surface area contributed by atoms with Crippen LogP contribution in [0, 0.1) is 0 Å². The van der Waals surface area contributed by atoms with Crippen molar-refractivity contribution in [1.29, 1.82) is 0 Å². The molecular weight excluding hydrogens is 230 g/mol. The van der Waals surface area contributed by atoms with Gasteiger partial charge in [-0.3, -0.25) is 0 Å². The first-order valence-electron chi connectivity index (χ1n) is 6.31. The van der Waals surface area contributed by atoms with E-state index in [-0.39, 0.29) is 0 Å². The molecule has 0 radical (unpaired) electrons. The normalized spacial score (nSPS) is 15.1. The molecule has 0 unspecified atom stereocenters. The van der Waals surface area contributed by atoms with Crippen molar-refractivity contribution >= 4 is 0 Å². The van der Waals surface area contributed by atoms with Crippen LogP contribution in [0.25, 0.3) is 0 Å². The molecule has 0 heterocycles. The minimum absolute atomic E-state index is 0.655. The molecule has 0 spiro atoms. The zero-order valence-electron chi connectivity index (χ0n) is 11.3. The molecule has 18 heavy (non-hydrogen) atoms. The molecule has 1 N–H and O–H groups in total. The molecule has 1 aliphatic rings. The molecule has 4 heteroatoms. The van der Waals surface area contributed by atoms with E-state index in [1.54, 1.807) is 21.3 Å². The van der Waals surface area contributed by atoms with E-state index in [2.05, 4.69) is 5.32 Å². The van der Waals surface area contributed by atoms with Crippen LogP contribution in [-0.2, 0) is 6.54 Å². The van der Waals surface area contributed by atoms with E-state index < -0.39 is 0 Å². The van der Waals surface area contributed by atoms with Crippen molar-refractivity contribution in [2.24, 2.45) is 0 Å². The lowest BCUT2D eigenvalue weighted by Gasteiger charge is -2.27. The van der Waals surface area contributed by atoms with E-state index in [1.165, 1.54) is 19.3 Å². The van der Waals surface area contributed by atoms with Gasteiger partial charge in [0.15, 0.2) is 11.5 Å². The third-order valence-electron chi connectivity index (χ3n) is 3.47. The van der Waals surface area contributed by atoms with Crippen LogP contribution in [0.15, 0.2) is 12.1 Å². The summed E-state index contributed by atoms with van der Waals surface area (Å²) in [7, 11) is 4.91. The minimum atomic E-state index is 0.655. The van der Waals surface area contributed by atoms with Crippen LogP contribution < -0.4 is 19.5 Å². The first-order chi connectivity index (χ1) is 8.80. The number of hydrogen-bond donors (Lipinski definition) is 1. The predicted molar refractivity (Wildman–Crippen MR) is 70.6 cm³/mol. The second-order valence-electron chi connectivity index (χ2n) is 4.50. The van der Waals surface area contributed by atoms with Gasteiger partial charge in [-0.25, -0.2) is 0 Å². The van der Waals surface area contributed by atoms with Gasteiger partial charge in [0.25, 0.3) is 0 Å². The number of nitrogens with one attached hydrogen (secondary N) is 1. The van der Waals surface area contributed by atoms with Crippen LogP contribution in [0.4, 0.5) is 0 Å². The highest BCUT2D eigenvalue weighted by Crippen LogP contribution is 2.39. The number of rotatable bonds is 6. The van der Waals surface area contributed by atoms with Gasteiger partial charge in [0.05, 0.1) is 21.3 Å². The second-order valence-corrected chi connectivity index (χ2v) is 4.50. The van der Waals surface area contributed by atoms with Crippen LogP contribution in [0.2, 0.25) is 0 Å². The predicted octanol–water partition coefficient (Wildman–Crippen LogP) is 2.35. The minimum Gasteiger partial charge on any atom is -0.493 e. The third kappa shape index (κ3) is 2.53. The first kappa shape index (κ1) is 13.0. The summed E-state index contributed by atoms with van der Waals surface area (Å²) in [6.45, 7) is 0.800. The van der Waals surface area contributed by atoms with Gasteiger partial charge in [-0.15, -0.1) is 0 Å². The zero-order valence-corrected chi connectivity index (χ0v) is 11.3. The summed E-state index contributed by atoms with van der Waals surface area (Å²) in [6.07, 6.45) is 3.88. The summed E-state index contributed by atoms with van der Waals surface area (Å²) in [5, 5.41) is 3.52. The number of methoxy groups -OCH3 is 3. The fourth-order valence-electron chi connectivity index (χ4n) is 2.17. The van der Waals surface area contributed by atoms with E-state index in [4.69, 9.17) is 14.2 Å². The number of benzene rings is 1. The highest BCUT2D eigenvalue weighted by Gasteiger charge is 2.19. The smallest absolute Gasteiger partial charge is 0.203 e. The summed E-state index contributed by atoms with van der Waals surface area (Å²) in [5.74, 6) is 2.11. The Balaban J connectivity index is 2.17. The van der Waals surface area contributed by atoms with Crippen molar-refractivity contribution in [3.05, 3.63) is 17.7 Å². The van der Waals surface area contributed by atoms with Crippen molar-refractivity contribution in [3.63, 3.8) is 0 Å². The molecule has 0 bridgehead atoms. The summed E-state index contributed by atoms with van der Waals surface area (Å²) in [5.41, 5.74) is 1.10.